The normalized spacial score (nSPS) is 16.5. The Hall–Kier alpha value is -1.02. The van der Waals surface area contributed by atoms with Crippen molar-refractivity contribution in [3.63, 3.8) is 0 Å². The van der Waals surface area contributed by atoms with Gasteiger partial charge in [-0.1, -0.05) is 6.07 Å². The lowest BCUT2D eigenvalue weighted by Crippen LogP contribution is -2.07. The standard InChI is InChI=1S/C10H14N2/c1-7-9-6-12(2)5-8(9)3-4-10(7)11/h3-4H,5-6,11H2,1-2H3. The van der Waals surface area contributed by atoms with Gasteiger partial charge in [0.25, 0.3) is 0 Å². The molecule has 0 saturated carbocycles. The molecule has 64 valence electrons. The lowest BCUT2D eigenvalue weighted by atomic mass is 10.0. The van der Waals surface area contributed by atoms with Crippen LogP contribution in [0.4, 0.5) is 5.69 Å². The van der Waals surface area contributed by atoms with E-state index in [4.69, 9.17) is 5.73 Å². The van der Waals surface area contributed by atoms with Crippen molar-refractivity contribution in [1.29, 1.82) is 0 Å². The molecule has 0 saturated heterocycles. The third-order valence-electron chi connectivity index (χ3n) is 2.61. The summed E-state index contributed by atoms with van der Waals surface area (Å²) in [5, 5.41) is 0. The van der Waals surface area contributed by atoms with Gasteiger partial charge in [0.2, 0.25) is 0 Å². The molecule has 0 aromatic heterocycles. The molecule has 1 aliphatic rings. The van der Waals surface area contributed by atoms with Crippen molar-refractivity contribution in [3.8, 4) is 0 Å². The van der Waals surface area contributed by atoms with E-state index in [0.29, 0.717) is 0 Å². The van der Waals surface area contributed by atoms with Crippen molar-refractivity contribution in [2.24, 2.45) is 0 Å². The molecule has 0 aliphatic carbocycles. The Morgan fingerprint density at radius 2 is 2.08 bits per heavy atom. The van der Waals surface area contributed by atoms with Gasteiger partial charge in [0.05, 0.1) is 0 Å². The van der Waals surface area contributed by atoms with Crippen LogP contribution in [0.5, 0.6) is 0 Å². The maximum atomic E-state index is 5.82. The van der Waals surface area contributed by atoms with Crippen LogP contribution in [0.15, 0.2) is 12.1 Å². The van der Waals surface area contributed by atoms with Crippen LogP contribution < -0.4 is 5.73 Å². The van der Waals surface area contributed by atoms with Crippen LogP contribution >= 0.6 is 0 Å². The molecule has 0 spiro atoms. The van der Waals surface area contributed by atoms with E-state index in [1.54, 1.807) is 0 Å². The minimum atomic E-state index is 0.920. The van der Waals surface area contributed by atoms with Crippen LogP contribution in [0.1, 0.15) is 16.7 Å². The van der Waals surface area contributed by atoms with Gasteiger partial charge in [-0.15, -0.1) is 0 Å². The van der Waals surface area contributed by atoms with Gasteiger partial charge in [-0.2, -0.15) is 0 Å². The molecule has 2 rings (SSSR count). The lowest BCUT2D eigenvalue weighted by Gasteiger charge is -2.06. The predicted molar refractivity (Wildman–Crippen MR) is 50.8 cm³/mol. The molecule has 1 aliphatic heterocycles. The molecule has 1 aromatic rings. The molecule has 1 aromatic carbocycles. The molecule has 2 N–H and O–H groups in total. The molecular formula is C10H14N2. The SMILES string of the molecule is Cc1c(N)ccc2c1CN(C)C2. The monoisotopic (exact) mass is 162 g/mol. The van der Waals surface area contributed by atoms with E-state index in [1.165, 1.54) is 16.7 Å². The molecule has 0 atom stereocenters. The van der Waals surface area contributed by atoms with Gasteiger partial charge in [-0.3, -0.25) is 4.90 Å². The Morgan fingerprint density at radius 1 is 1.33 bits per heavy atom. The molecule has 1 heterocycles. The molecule has 0 radical (unpaired) electrons. The summed E-state index contributed by atoms with van der Waals surface area (Å²) in [6.45, 7) is 4.22. The van der Waals surface area contributed by atoms with Crippen LogP contribution in [-0.4, -0.2) is 11.9 Å². The average Bonchev–Trinajstić information content (AvgIpc) is 2.39. The Labute approximate surface area is 73.0 Å². The number of hydrogen-bond acceptors (Lipinski definition) is 2. The van der Waals surface area contributed by atoms with Crippen LogP contribution in [-0.2, 0) is 13.1 Å². The van der Waals surface area contributed by atoms with Crippen molar-refractivity contribution in [2.75, 3.05) is 12.8 Å². The molecule has 2 heteroatoms. The van der Waals surface area contributed by atoms with E-state index >= 15 is 0 Å². The Bertz CT molecular complexity index is 318. The number of hydrogen-bond donors (Lipinski definition) is 1. The quantitative estimate of drug-likeness (QED) is 0.586. The zero-order valence-corrected chi connectivity index (χ0v) is 7.59. The summed E-state index contributed by atoms with van der Waals surface area (Å²) in [6, 6.07) is 4.15. The Kier molecular flexibility index (Phi) is 1.58. The van der Waals surface area contributed by atoms with E-state index in [-0.39, 0.29) is 0 Å². The largest absolute Gasteiger partial charge is 0.399 e. The first-order chi connectivity index (χ1) is 5.68. The average molecular weight is 162 g/mol. The zero-order chi connectivity index (χ0) is 8.72. The van der Waals surface area contributed by atoms with Crippen molar-refractivity contribution in [3.05, 3.63) is 28.8 Å². The maximum absolute atomic E-state index is 5.82. The first-order valence-corrected chi connectivity index (χ1v) is 4.24. The number of nitrogens with zero attached hydrogens (tertiary/aromatic N) is 1. The number of benzene rings is 1. The number of anilines is 1. The van der Waals surface area contributed by atoms with Crippen LogP contribution in [0, 0.1) is 6.92 Å². The summed E-state index contributed by atoms with van der Waals surface area (Å²) in [4.78, 5) is 2.30. The van der Waals surface area contributed by atoms with E-state index in [2.05, 4.69) is 24.9 Å². The van der Waals surface area contributed by atoms with Crippen LogP contribution in [0.25, 0.3) is 0 Å². The summed E-state index contributed by atoms with van der Waals surface area (Å²) in [6.07, 6.45) is 0. The highest BCUT2D eigenvalue weighted by atomic mass is 15.1. The highest BCUT2D eigenvalue weighted by molar-refractivity contribution is 5.54. The van der Waals surface area contributed by atoms with E-state index in [1.807, 2.05) is 6.07 Å². The summed E-state index contributed by atoms with van der Waals surface area (Å²) in [7, 11) is 2.13. The highest BCUT2D eigenvalue weighted by Gasteiger charge is 2.17. The van der Waals surface area contributed by atoms with E-state index in [0.717, 1.165) is 18.8 Å². The molecule has 0 unspecified atom stereocenters. The molecule has 12 heavy (non-hydrogen) atoms. The fourth-order valence-electron chi connectivity index (χ4n) is 1.82. The molecule has 0 bridgehead atoms. The first kappa shape index (κ1) is 7.62. The van der Waals surface area contributed by atoms with Crippen molar-refractivity contribution >= 4 is 5.69 Å². The van der Waals surface area contributed by atoms with E-state index < -0.39 is 0 Å². The van der Waals surface area contributed by atoms with Gasteiger partial charge >= 0.3 is 0 Å². The summed E-state index contributed by atoms with van der Waals surface area (Å²) >= 11 is 0. The second-order valence-corrected chi connectivity index (χ2v) is 3.59. The van der Waals surface area contributed by atoms with Crippen molar-refractivity contribution in [2.45, 2.75) is 20.0 Å². The minimum absolute atomic E-state index is 0.920. The summed E-state index contributed by atoms with van der Waals surface area (Å²) in [5.41, 5.74) is 10.9. The van der Waals surface area contributed by atoms with Crippen LogP contribution in [0.2, 0.25) is 0 Å². The van der Waals surface area contributed by atoms with Crippen LogP contribution in [0.3, 0.4) is 0 Å². The Balaban J connectivity index is 2.54. The molecular weight excluding hydrogens is 148 g/mol. The number of nitrogen functional groups attached to an aromatic ring is 1. The highest BCUT2D eigenvalue weighted by Crippen LogP contribution is 2.27. The summed E-state index contributed by atoms with van der Waals surface area (Å²) < 4.78 is 0. The first-order valence-electron chi connectivity index (χ1n) is 4.24. The number of rotatable bonds is 0. The molecule has 0 amide bonds. The number of nitrogens with two attached hydrogens (primary N) is 1. The van der Waals surface area contributed by atoms with Gasteiger partial charge in [0, 0.05) is 18.8 Å². The molecule has 2 nitrogen and oxygen atoms in total. The van der Waals surface area contributed by atoms with Gasteiger partial charge in [0.1, 0.15) is 0 Å². The lowest BCUT2D eigenvalue weighted by molar-refractivity contribution is 0.353. The predicted octanol–water partition coefficient (Wildman–Crippen LogP) is 1.52. The van der Waals surface area contributed by atoms with Crippen molar-refractivity contribution < 1.29 is 0 Å². The number of fused-ring (bicyclic) bond motifs is 1. The topological polar surface area (TPSA) is 29.3 Å². The summed E-state index contributed by atoms with van der Waals surface area (Å²) in [5.74, 6) is 0. The van der Waals surface area contributed by atoms with Gasteiger partial charge < -0.3 is 5.73 Å². The maximum Gasteiger partial charge on any atom is 0.0347 e. The zero-order valence-electron chi connectivity index (χ0n) is 7.59. The van der Waals surface area contributed by atoms with Crippen molar-refractivity contribution in [1.82, 2.24) is 4.90 Å². The molecule has 0 fully saturated rings. The smallest absolute Gasteiger partial charge is 0.0347 e. The van der Waals surface area contributed by atoms with Gasteiger partial charge in [-0.25, -0.2) is 0 Å². The van der Waals surface area contributed by atoms with Gasteiger partial charge in [0.15, 0.2) is 0 Å². The second-order valence-electron chi connectivity index (χ2n) is 3.59. The third kappa shape index (κ3) is 0.994. The fourth-order valence-corrected chi connectivity index (χ4v) is 1.82. The second kappa shape index (κ2) is 2.49. The minimum Gasteiger partial charge on any atom is -0.399 e. The Morgan fingerprint density at radius 3 is 2.83 bits per heavy atom. The van der Waals surface area contributed by atoms with Gasteiger partial charge in [-0.05, 0) is 36.7 Å². The van der Waals surface area contributed by atoms with E-state index in [9.17, 15) is 0 Å². The fraction of sp³-hybridized carbons (Fsp3) is 0.400. The third-order valence-corrected chi connectivity index (χ3v) is 2.61.